The molecule has 0 radical (unpaired) electrons. The van der Waals surface area contributed by atoms with Gasteiger partial charge in [-0.1, -0.05) is 12.1 Å². The molecular formula is C22H30FIN4O2. The van der Waals surface area contributed by atoms with E-state index in [2.05, 4.69) is 20.9 Å². The molecular weight excluding hydrogens is 498 g/mol. The summed E-state index contributed by atoms with van der Waals surface area (Å²) < 4.78 is 13.2. The number of aromatic hydroxyl groups is 1. The Morgan fingerprint density at radius 2 is 1.90 bits per heavy atom. The van der Waals surface area contributed by atoms with Gasteiger partial charge in [-0.05, 0) is 68.1 Å². The van der Waals surface area contributed by atoms with E-state index in [0.717, 1.165) is 24.1 Å². The highest BCUT2D eigenvalue weighted by atomic mass is 127. The van der Waals surface area contributed by atoms with E-state index in [1.54, 1.807) is 18.2 Å². The summed E-state index contributed by atoms with van der Waals surface area (Å²) >= 11 is 0. The molecule has 0 aromatic heterocycles. The van der Waals surface area contributed by atoms with E-state index in [1.165, 1.54) is 18.2 Å². The quantitative estimate of drug-likeness (QED) is 0.174. The number of amides is 1. The van der Waals surface area contributed by atoms with Crippen LogP contribution in [0.3, 0.4) is 0 Å². The van der Waals surface area contributed by atoms with Crippen LogP contribution in [0.1, 0.15) is 34.8 Å². The lowest BCUT2D eigenvalue weighted by atomic mass is 10.1. The Labute approximate surface area is 194 Å². The molecule has 0 heterocycles. The molecule has 2 aromatic rings. The first-order chi connectivity index (χ1) is 14.0. The minimum absolute atomic E-state index is 0. The standard InChI is InChI=1S/C22H29FN4O2.HI/c1-3-24-22(27-13-10-17-8-9-19(23)14-16(17)2)26-12-5-11-25-21(29)18-6-4-7-20(28)15-18;/h4,6-9,14-15,28H,3,5,10-13H2,1-2H3,(H,25,29)(H2,24,26,27);1H. The van der Waals surface area contributed by atoms with Crippen molar-refractivity contribution < 1.29 is 14.3 Å². The molecule has 0 aliphatic carbocycles. The molecule has 0 bridgehead atoms. The lowest BCUT2D eigenvalue weighted by Crippen LogP contribution is -2.38. The number of aryl methyl sites for hydroxylation is 1. The molecule has 0 atom stereocenters. The van der Waals surface area contributed by atoms with Crippen molar-refractivity contribution in [1.29, 1.82) is 0 Å². The molecule has 2 rings (SSSR count). The summed E-state index contributed by atoms with van der Waals surface area (Å²) in [5.41, 5.74) is 2.47. The van der Waals surface area contributed by atoms with Gasteiger partial charge in [-0.25, -0.2) is 4.39 Å². The maximum absolute atomic E-state index is 13.2. The highest BCUT2D eigenvalue weighted by Gasteiger charge is 2.05. The topological polar surface area (TPSA) is 85.8 Å². The third-order valence-corrected chi connectivity index (χ3v) is 4.33. The Bertz CT molecular complexity index is 846. The van der Waals surface area contributed by atoms with E-state index in [9.17, 15) is 14.3 Å². The van der Waals surface area contributed by atoms with E-state index in [1.807, 2.05) is 19.9 Å². The molecule has 0 aliphatic heterocycles. The zero-order valence-corrected chi connectivity index (χ0v) is 19.7. The Kier molecular flexibility index (Phi) is 11.8. The van der Waals surface area contributed by atoms with Crippen LogP contribution in [0, 0.1) is 12.7 Å². The zero-order chi connectivity index (χ0) is 21.1. The van der Waals surface area contributed by atoms with Gasteiger partial charge in [0.05, 0.1) is 0 Å². The highest BCUT2D eigenvalue weighted by molar-refractivity contribution is 14.0. The molecule has 6 nitrogen and oxygen atoms in total. The van der Waals surface area contributed by atoms with Crippen molar-refractivity contribution >= 4 is 35.8 Å². The summed E-state index contributed by atoms with van der Waals surface area (Å²) in [4.78, 5) is 16.5. The molecule has 0 aliphatic rings. The van der Waals surface area contributed by atoms with Gasteiger partial charge < -0.3 is 21.1 Å². The second-order valence-electron chi connectivity index (χ2n) is 6.67. The molecule has 0 spiro atoms. The molecule has 2 aromatic carbocycles. The van der Waals surface area contributed by atoms with E-state index in [4.69, 9.17) is 0 Å². The first-order valence-corrected chi connectivity index (χ1v) is 9.84. The summed E-state index contributed by atoms with van der Waals surface area (Å²) in [6, 6.07) is 11.1. The fourth-order valence-electron chi connectivity index (χ4n) is 2.82. The van der Waals surface area contributed by atoms with Crippen molar-refractivity contribution in [1.82, 2.24) is 16.0 Å². The van der Waals surface area contributed by atoms with Gasteiger partial charge >= 0.3 is 0 Å². The average Bonchev–Trinajstić information content (AvgIpc) is 2.69. The Morgan fingerprint density at radius 1 is 1.10 bits per heavy atom. The minimum atomic E-state index is -0.218. The summed E-state index contributed by atoms with van der Waals surface area (Å²) in [6.45, 7) is 6.39. The van der Waals surface area contributed by atoms with Gasteiger partial charge in [0.2, 0.25) is 0 Å². The molecule has 8 heteroatoms. The smallest absolute Gasteiger partial charge is 0.251 e. The largest absolute Gasteiger partial charge is 0.508 e. The van der Waals surface area contributed by atoms with E-state index in [0.29, 0.717) is 37.6 Å². The molecule has 4 N–H and O–H groups in total. The second kappa shape index (κ2) is 13.8. The first kappa shape index (κ1) is 25.7. The Morgan fingerprint density at radius 3 is 2.60 bits per heavy atom. The molecule has 30 heavy (non-hydrogen) atoms. The number of hydrogen-bond acceptors (Lipinski definition) is 3. The molecule has 0 saturated carbocycles. The van der Waals surface area contributed by atoms with Crippen LogP contribution in [0.15, 0.2) is 47.5 Å². The highest BCUT2D eigenvalue weighted by Crippen LogP contribution is 2.11. The monoisotopic (exact) mass is 528 g/mol. The lowest BCUT2D eigenvalue weighted by molar-refractivity contribution is 0.0953. The number of carbonyl (C=O) groups excluding carboxylic acids is 1. The fraction of sp³-hybridized carbons (Fsp3) is 0.364. The second-order valence-corrected chi connectivity index (χ2v) is 6.67. The summed E-state index contributed by atoms with van der Waals surface area (Å²) in [6.07, 6.45) is 1.47. The number of phenols is 1. The first-order valence-electron chi connectivity index (χ1n) is 9.84. The van der Waals surface area contributed by atoms with Gasteiger partial charge in [-0.15, -0.1) is 24.0 Å². The SMILES string of the molecule is CCNC(=NCCCNC(=O)c1cccc(O)c1)NCCc1ccc(F)cc1C.I. The number of guanidine groups is 1. The van der Waals surface area contributed by atoms with Gasteiger partial charge in [0.1, 0.15) is 11.6 Å². The van der Waals surface area contributed by atoms with Gasteiger partial charge in [0.15, 0.2) is 5.96 Å². The van der Waals surface area contributed by atoms with Gasteiger partial charge in [-0.2, -0.15) is 0 Å². The lowest BCUT2D eigenvalue weighted by Gasteiger charge is -2.12. The van der Waals surface area contributed by atoms with E-state index < -0.39 is 0 Å². The molecule has 0 saturated heterocycles. The van der Waals surface area contributed by atoms with E-state index >= 15 is 0 Å². The normalized spacial score (nSPS) is 10.8. The number of carbonyl (C=O) groups is 1. The number of aliphatic imine (C=N–C) groups is 1. The summed E-state index contributed by atoms with van der Waals surface area (Å²) in [7, 11) is 0. The molecule has 0 fully saturated rings. The van der Waals surface area contributed by atoms with Crippen LogP contribution >= 0.6 is 24.0 Å². The van der Waals surface area contributed by atoms with E-state index in [-0.39, 0.29) is 41.5 Å². The number of rotatable bonds is 9. The summed E-state index contributed by atoms with van der Waals surface area (Å²) in [5, 5.41) is 18.7. The van der Waals surface area contributed by atoms with Crippen LogP contribution in [0.4, 0.5) is 4.39 Å². The summed E-state index contributed by atoms with van der Waals surface area (Å²) in [5.74, 6) is 0.348. The van der Waals surface area contributed by atoms with Gasteiger partial charge in [0, 0.05) is 31.7 Å². The number of benzene rings is 2. The Balaban J connectivity index is 0.00000450. The molecule has 0 unspecified atom stereocenters. The number of hydrogen-bond donors (Lipinski definition) is 4. The van der Waals surface area contributed by atoms with Crippen molar-refractivity contribution in [2.45, 2.75) is 26.7 Å². The number of nitrogens with one attached hydrogen (secondary N) is 3. The van der Waals surface area contributed by atoms with Crippen molar-refractivity contribution in [3.8, 4) is 5.75 Å². The van der Waals surface area contributed by atoms with Crippen molar-refractivity contribution in [2.75, 3.05) is 26.2 Å². The van der Waals surface area contributed by atoms with Crippen LogP contribution in [-0.2, 0) is 6.42 Å². The zero-order valence-electron chi connectivity index (χ0n) is 17.4. The van der Waals surface area contributed by atoms with Crippen LogP contribution in [0.25, 0.3) is 0 Å². The van der Waals surface area contributed by atoms with Crippen molar-refractivity contribution in [3.63, 3.8) is 0 Å². The third kappa shape index (κ3) is 8.98. The number of halogens is 2. The Hall–Kier alpha value is -2.36. The van der Waals surface area contributed by atoms with Gasteiger partial charge in [-0.3, -0.25) is 9.79 Å². The predicted molar refractivity (Wildman–Crippen MR) is 129 cm³/mol. The third-order valence-electron chi connectivity index (χ3n) is 4.33. The van der Waals surface area contributed by atoms with Crippen LogP contribution < -0.4 is 16.0 Å². The van der Waals surface area contributed by atoms with Crippen LogP contribution in [0.2, 0.25) is 0 Å². The van der Waals surface area contributed by atoms with Crippen LogP contribution in [-0.4, -0.2) is 43.2 Å². The minimum Gasteiger partial charge on any atom is -0.508 e. The molecule has 164 valence electrons. The number of nitrogens with zero attached hydrogens (tertiary/aromatic N) is 1. The number of phenolic OH excluding ortho intramolecular Hbond substituents is 1. The van der Waals surface area contributed by atoms with Gasteiger partial charge in [0.25, 0.3) is 5.91 Å². The van der Waals surface area contributed by atoms with Crippen molar-refractivity contribution in [3.05, 3.63) is 65.0 Å². The van der Waals surface area contributed by atoms with Crippen LogP contribution in [0.5, 0.6) is 5.75 Å². The molecule has 1 amide bonds. The fourth-order valence-corrected chi connectivity index (χ4v) is 2.82. The maximum Gasteiger partial charge on any atom is 0.251 e. The maximum atomic E-state index is 13.2. The predicted octanol–water partition coefficient (Wildman–Crippen LogP) is 3.38. The average molecular weight is 528 g/mol. The van der Waals surface area contributed by atoms with Crippen molar-refractivity contribution in [2.24, 2.45) is 4.99 Å².